The van der Waals surface area contributed by atoms with Gasteiger partial charge in [0.1, 0.15) is 0 Å². The summed E-state index contributed by atoms with van der Waals surface area (Å²) >= 11 is 0. The number of carbonyl (C=O) groups excluding carboxylic acids is 1. The lowest BCUT2D eigenvalue weighted by molar-refractivity contribution is -0.127. The maximum atomic E-state index is 12.6. The van der Waals surface area contributed by atoms with Crippen molar-refractivity contribution in [2.45, 2.75) is 63.6 Å². The molecule has 2 saturated heterocycles. The summed E-state index contributed by atoms with van der Waals surface area (Å²) in [6, 6.07) is 0.809. The van der Waals surface area contributed by atoms with Gasteiger partial charge in [0.05, 0.1) is 18.7 Å². The number of ether oxygens (including phenoxy) is 1. The Hall–Kier alpha value is -0.650. The van der Waals surface area contributed by atoms with Crippen LogP contribution in [0.5, 0.6) is 0 Å². The van der Waals surface area contributed by atoms with Crippen LogP contribution in [0, 0.1) is 0 Å². The van der Waals surface area contributed by atoms with Gasteiger partial charge in [-0.15, -0.1) is 0 Å². The zero-order chi connectivity index (χ0) is 15.1. The van der Waals surface area contributed by atoms with Gasteiger partial charge in [0, 0.05) is 13.2 Å². The molecule has 1 amide bonds. The normalized spacial score (nSPS) is 25.9. The zero-order valence-electron chi connectivity index (χ0n) is 13.6. The molecule has 122 valence electrons. The van der Waals surface area contributed by atoms with Crippen LogP contribution in [-0.2, 0) is 9.53 Å². The van der Waals surface area contributed by atoms with Crippen molar-refractivity contribution < 1.29 is 9.53 Å². The first-order chi connectivity index (χ1) is 10.3. The summed E-state index contributed by atoms with van der Waals surface area (Å²) in [5, 5.41) is 6.61. The quantitative estimate of drug-likeness (QED) is 0.740. The number of hydrogen-bond donors (Lipinski definition) is 2. The van der Waals surface area contributed by atoms with E-state index in [1.54, 1.807) is 7.11 Å². The van der Waals surface area contributed by atoms with E-state index in [-0.39, 0.29) is 18.0 Å². The molecule has 0 spiro atoms. The molecule has 2 N–H and O–H groups in total. The molecule has 5 heteroatoms. The van der Waals surface area contributed by atoms with E-state index in [1.807, 2.05) is 0 Å². The number of amides is 1. The Morgan fingerprint density at radius 3 is 2.81 bits per heavy atom. The fourth-order valence-corrected chi connectivity index (χ4v) is 3.69. The molecular formula is C16H31N3O2. The minimum atomic E-state index is 0.0734. The van der Waals surface area contributed by atoms with Crippen LogP contribution in [0.3, 0.4) is 0 Å². The summed E-state index contributed by atoms with van der Waals surface area (Å²) in [5.41, 5.74) is 0. The Morgan fingerprint density at radius 2 is 2.14 bits per heavy atom. The van der Waals surface area contributed by atoms with Gasteiger partial charge < -0.3 is 15.4 Å². The first kappa shape index (κ1) is 16.7. The molecule has 0 aromatic carbocycles. The van der Waals surface area contributed by atoms with Crippen molar-refractivity contribution in [2.75, 3.05) is 33.4 Å². The smallest absolute Gasteiger partial charge is 0.237 e. The van der Waals surface area contributed by atoms with Crippen molar-refractivity contribution >= 4 is 5.91 Å². The standard InChI is InChI=1S/C16H31N3O2/c1-3-5-13(12-21-2)18-16(20)15-6-4-11-19(15)14-7-9-17-10-8-14/h13-15,17H,3-12H2,1-2H3,(H,18,20). The molecule has 2 heterocycles. The van der Waals surface area contributed by atoms with Crippen molar-refractivity contribution in [3.05, 3.63) is 0 Å². The van der Waals surface area contributed by atoms with Gasteiger partial charge in [-0.1, -0.05) is 13.3 Å². The Labute approximate surface area is 128 Å². The van der Waals surface area contributed by atoms with E-state index in [4.69, 9.17) is 4.74 Å². The summed E-state index contributed by atoms with van der Waals surface area (Å²) in [4.78, 5) is 15.1. The number of rotatable bonds is 7. The Morgan fingerprint density at radius 1 is 1.38 bits per heavy atom. The van der Waals surface area contributed by atoms with Crippen molar-refractivity contribution in [3.8, 4) is 0 Å². The maximum Gasteiger partial charge on any atom is 0.237 e. The topological polar surface area (TPSA) is 53.6 Å². The molecule has 0 saturated carbocycles. The molecule has 2 rings (SSSR count). The summed E-state index contributed by atoms with van der Waals surface area (Å²) in [5.74, 6) is 0.210. The van der Waals surface area contributed by atoms with Gasteiger partial charge in [-0.2, -0.15) is 0 Å². The van der Waals surface area contributed by atoms with Crippen molar-refractivity contribution in [1.29, 1.82) is 0 Å². The zero-order valence-corrected chi connectivity index (χ0v) is 13.6. The molecule has 0 bridgehead atoms. The molecule has 0 radical (unpaired) electrons. The van der Waals surface area contributed by atoms with Gasteiger partial charge in [-0.3, -0.25) is 9.69 Å². The van der Waals surface area contributed by atoms with Crippen LogP contribution in [0.15, 0.2) is 0 Å². The third-order valence-corrected chi connectivity index (χ3v) is 4.73. The molecular weight excluding hydrogens is 266 g/mol. The lowest BCUT2D eigenvalue weighted by Gasteiger charge is -2.35. The largest absolute Gasteiger partial charge is 0.383 e. The van der Waals surface area contributed by atoms with Gasteiger partial charge in [0.2, 0.25) is 5.91 Å². The summed E-state index contributed by atoms with van der Waals surface area (Å²) in [7, 11) is 1.70. The van der Waals surface area contributed by atoms with Crippen LogP contribution in [0.1, 0.15) is 45.4 Å². The first-order valence-electron chi connectivity index (χ1n) is 8.52. The third kappa shape index (κ3) is 4.66. The minimum Gasteiger partial charge on any atom is -0.383 e. The van der Waals surface area contributed by atoms with Crippen molar-refractivity contribution in [3.63, 3.8) is 0 Å². The minimum absolute atomic E-state index is 0.0734. The Bertz CT molecular complexity index is 313. The van der Waals surface area contributed by atoms with Crippen molar-refractivity contribution in [1.82, 2.24) is 15.5 Å². The van der Waals surface area contributed by atoms with E-state index in [1.165, 1.54) is 12.8 Å². The fraction of sp³-hybridized carbons (Fsp3) is 0.938. The summed E-state index contributed by atoms with van der Waals surface area (Å²) in [6.07, 6.45) is 6.53. The lowest BCUT2D eigenvalue weighted by Crippen LogP contribution is -2.52. The number of nitrogens with one attached hydrogen (secondary N) is 2. The van der Waals surface area contributed by atoms with E-state index < -0.39 is 0 Å². The van der Waals surface area contributed by atoms with Crippen LogP contribution >= 0.6 is 0 Å². The highest BCUT2D eigenvalue weighted by molar-refractivity contribution is 5.82. The molecule has 2 fully saturated rings. The average molecular weight is 297 g/mol. The number of nitrogens with zero attached hydrogens (tertiary/aromatic N) is 1. The Balaban J connectivity index is 1.89. The van der Waals surface area contributed by atoms with Crippen LogP contribution in [-0.4, -0.2) is 62.3 Å². The molecule has 5 nitrogen and oxygen atoms in total. The lowest BCUT2D eigenvalue weighted by atomic mass is 10.0. The summed E-state index contributed by atoms with van der Waals surface area (Å²) < 4.78 is 5.23. The molecule has 2 aliphatic rings. The molecule has 2 unspecified atom stereocenters. The molecule has 2 aliphatic heterocycles. The maximum absolute atomic E-state index is 12.6. The van der Waals surface area contributed by atoms with E-state index in [2.05, 4.69) is 22.5 Å². The predicted octanol–water partition coefficient (Wildman–Crippen LogP) is 1.13. The Kier molecular flexibility index (Phi) is 6.93. The monoisotopic (exact) mass is 297 g/mol. The number of carbonyl (C=O) groups is 1. The van der Waals surface area contributed by atoms with E-state index in [0.717, 1.165) is 45.3 Å². The van der Waals surface area contributed by atoms with Crippen LogP contribution < -0.4 is 10.6 Å². The van der Waals surface area contributed by atoms with Gasteiger partial charge in [0.25, 0.3) is 0 Å². The highest BCUT2D eigenvalue weighted by atomic mass is 16.5. The van der Waals surface area contributed by atoms with E-state index in [9.17, 15) is 4.79 Å². The molecule has 0 aromatic heterocycles. The second kappa shape index (κ2) is 8.71. The summed E-state index contributed by atoms with van der Waals surface area (Å²) in [6.45, 7) is 5.99. The van der Waals surface area contributed by atoms with Crippen LogP contribution in [0.2, 0.25) is 0 Å². The van der Waals surface area contributed by atoms with E-state index in [0.29, 0.717) is 12.6 Å². The van der Waals surface area contributed by atoms with Crippen molar-refractivity contribution in [2.24, 2.45) is 0 Å². The third-order valence-electron chi connectivity index (χ3n) is 4.73. The average Bonchev–Trinajstić information content (AvgIpc) is 2.98. The van der Waals surface area contributed by atoms with Crippen LogP contribution in [0.4, 0.5) is 0 Å². The predicted molar refractivity (Wildman–Crippen MR) is 84.3 cm³/mol. The SMILES string of the molecule is CCCC(COC)NC(=O)C1CCCN1C1CCNCC1. The first-order valence-corrected chi connectivity index (χ1v) is 8.52. The number of likely N-dealkylation sites (tertiary alicyclic amines) is 1. The van der Waals surface area contributed by atoms with Crippen LogP contribution in [0.25, 0.3) is 0 Å². The van der Waals surface area contributed by atoms with E-state index >= 15 is 0 Å². The molecule has 21 heavy (non-hydrogen) atoms. The van der Waals surface area contributed by atoms with Gasteiger partial charge >= 0.3 is 0 Å². The number of methoxy groups -OCH3 is 1. The van der Waals surface area contributed by atoms with Gasteiger partial charge in [0.15, 0.2) is 0 Å². The molecule has 0 aliphatic carbocycles. The highest BCUT2D eigenvalue weighted by Gasteiger charge is 2.36. The fourth-order valence-electron chi connectivity index (χ4n) is 3.69. The molecule has 2 atom stereocenters. The van der Waals surface area contributed by atoms with Gasteiger partial charge in [-0.25, -0.2) is 0 Å². The second-order valence-corrected chi connectivity index (χ2v) is 6.33. The molecule has 0 aromatic rings. The number of piperidine rings is 1. The highest BCUT2D eigenvalue weighted by Crippen LogP contribution is 2.24. The second-order valence-electron chi connectivity index (χ2n) is 6.33. The number of hydrogen-bond acceptors (Lipinski definition) is 4. The van der Waals surface area contributed by atoms with Gasteiger partial charge in [-0.05, 0) is 51.7 Å².